The Labute approximate surface area is 28.4 Å². The smallest absolute Gasteiger partial charge is 0.116 e. The third kappa shape index (κ3) is 3.82. The fourth-order valence-corrected chi connectivity index (χ4v) is 0.0292. The lowest BCUT2D eigenvalue weighted by atomic mass is 10.8. The molecule has 0 aromatic rings. The van der Waals surface area contributed by atoms with Crippen LogP contribution in [0.2, 0.25) is 0 Å². The molecule has 0 N–H and O–H groups in total. The van der Waals surface area contributed by atoms with E-state index >= 15 is 0 Å². The van der Waals surface area contributed by atoms with Gasteiger partial charge in [-0.2, -0.15) is 4.94 Å². The minimum atomic E-state index is -0.753. The minimum absolute atomic E-state index is 0.444. The zero-order valence-electron chi connectivity index (χ0n) is 2.58. The number of alkyl halides is 1. The second-order valence-electron chi connectivity index (χ2n) is 0.502. The summed E-state index contributed by atoms with van der Waals surface area (Å²) in [5.74, 6) is 0. The van der Waals surface area contributed by atoms with Crippen molar-refractivity contribution in [2.45, 2.75) is 0 Å². The molecule has 0 aliphatic carbocycles. The Hall–Kier alpha value is -0.180. The standard InChI is InChI=1S/C2H4F2O/c3-1-2-5-4/h1-2H2. The fraction of sp³-hybridized carbons (Fsp3) is 1.00. The number of rotatable bonds is 2. The van der Waals surface area contributed by atoms with Crippen LogP contribution >= 0.6 is 0 Å². The first-order chi connectivity index (χ1) is 2.41. The van der Waals surface area contributed by atoms with Gasteiger partial charge in [-0.1, -0.05) is 0 Å². The van der Waals surface area contributed by atoms with Crippen molar-refractivity contribution in [3.8, 4) is 0 Å². The van der Waals surface area contributed by atoms with Gasteiger partial charge in [-0.3, -0.25) is 0 Å². The molecule has 0 saturated heterocycles. The molecule has 0 radical (unpaired) electrons. The highest BCUT2D eigenvalue weighted by Gasteiger charge is 1.74. The van der Waals surface area contributed by atoms with E-state index in [2.05, 4.69) is 4.94 Å². The first kappa shape index (κ1) is 4.82. The number of halogens is 2. The summed E-state index contributed by atoms with van der Waals surface area (Å²) < 4.78 is 20.9. The third-order valence-corrected chi connectivity index (χ3v) is 0.154. The minimum Gasteiger partial charge on any atom is -0.248 e. The van der Waals surface area contributed by atoms with E-state index in [4.69, 9.17) is 0 Å². The molecule has 5 heavy (non-hydrogen) atoms. The molecular formula is C2H4F2O. The molecule has 0 spiro atoms. The van der Waals surface area contributed by atoms with E-state index in [1.165, 1.54) is 0 Å². The van der Waals surface area contributed by atoms with Crippen molar-refractivity contribution in [2.75, 3.05) is 13.3 Å². The Kier molecular flexibility index (Phi) is 3.68. The molecule has 0 amide bonds. The summed E-state index contributed by atoms with van der Waals surface area (Å²) in [4.78, 5) is 2.82. The average molecular weight is 82.0 g/mol. The van der Waals surface area contributed by atoms with Gasteiger partial charge in [0, 0.05) is 0 Å². The number of hydrogen-bond acceptors (Lipinski definition) is 1. The maximum atomic E-state index is 10.6. The van der Waals surface area contributed by atoms with Crippen LogP contribution in [0.25, 0.3) is 0 Å². The molecule has 1 nitrogen and oxygen atoms in total. The summed E-state index contributed by atoms with van der Waals surface area (Å²) >= 11 is 0. The fourth-order valence-electron chi connectivity index (χ4n) is 0.0292. The maximum Gasteiger partial charge on any atom is 0.116 e. The van der Waals surface area contributed by atoms with Crippen molar-refractivity contribution in [1.29, 1.82) is 0 Å². The second kappa shape index (κ2) is 3.82. The van der Waals surface area contributed by atoms with Crippen LogP contribution in [-0.2, 0) is 4.94 Å². The highest BCUT2D eigenvalue weighted by atomic mass is 19.3. The predicted octanol–water partition coefficient (Wildman–Crippen LogP) is 0.857. The Bertz CT molecular complexity index is 15.1. The molecule has 0 bridgehead atoms. The molecule has 0 aliphatic rings. The van der Waals surface area contributed by atoms with Crippen LogP contribution in [0.5, 0.6) is 0 Å². The van der Waals surface area contributed by atoms with Gasteiger partial charge in [0.15, 0.2) is 0 Å². The highest BCUT2D eigenvalue weighted by Crippen LogP contribution is 1.70. The first-order valence-electron chi connectivity index (χ1n) is 1.21. The van der Waals surface area contributed by atoms with E-state index in [0.717, 1.165) is 0 Å². The molecule has 0 saturated carbocycles. The van der Waals surface area contributed by atoms with Gasteiger partial charge in [0.1, 0.15) is 13.3 Å². The SMILES string of the molecule is FCCOF. The van der Waals surface area contributed by atoms with Crippen LogP contribution in [0.4, 0.5) is 8.92 Å². The van der Waals surface area contributed by atoms with E-state index in [9.17, 15) is 8.92 Å². The van der Waals surface area contributed by atoms with Gasteiger partial charge in [-0.25, -0.2) is 4.39 Å². The maximum absolute atomic E-state index is 10.6. The van der Waals surface area contributed by atoms with Gasteiger partial charge in [0.25, 0.3) is 0 Å². The molecule has 0 unspecified atom stereocenters. The average Bonchev–Trinajstić information content (AvgIpc) is 1.41. The van der Waals surface area contributed by atoms with Gasteiger partial charge in [-0.15, -0.1) is 0 Å². The van der Waals surface area contributed by atoms with Crippen LogP contribution in [0, 0.1) is 0 Å². The summed E-state index contributed by atoms with van der Waals surface area (Å²) in [5.41, 5.74) is 0. The van der Waals surface area contributed by atoms with Crippen molar-refractivity contribution in [1.82, 2.24) is 0 Å². The molecule has 0 rings (SSSR count). The van der Waals surface area contributed by atoms with Crippen molar-refractivity contribution >= 4 is 0 Å². The Morgan fingerprint density at radius 1 is 1.60 bits per heavy atom. The molecule has 0 atom stereocenters. The van der Waals surface area contributed by atoms with Crippen LogP contribution in [0.3, 0.4) is 0 Å². The predicted molar refractivity (Wildman–Crippen MR) is 13.0 cm³/mol. The van der Waals surface area contributed by atoms with Crippen molar-refractivity contribution in [3.63, 3.8) is 0 Å². The summed E-state index contributed by atoms with van der Waals surface area (Å²) in [6.45, 7) is -1.20. The first-order valence-corrected chi connectivity index (χ1v) is 1.21. The number of hydrogen-bond donors (Lipinski definition) is 0. The molecule has 0 fully saturated rings. The van der Waals surface area contributed by atoms with E-state index < -0.39 is 13.3 Å². The quantitative estimate of drug-likeness (QED) is 0.480. The molecule has 0 heterocycles. The zero-order chi connectivity index (χ0) is 4.12. The largest absolute Gasteiger partial charge is 0.248 e. The van der Waals surface area contributed by atoms with Gasteiger partial charge >= 0.3 is 0 Å². The van der Waals surface area contributed by atoms with E-state index in [-0.39, 0.29) is 0 Å². The van der Waals surface area contributed by atoms with E-state index in [1.807, 2.05) is 0 Å². The van der Waals surface area contributed by atoms with Crippen molar-refractivity contribution < 1.29 is 13.9 Å². The third-order valence-electron chi connectivity index (χ3n) is 0.154. The van der Waals surface area contributed by atoms with E-state index in [1.54, 1.807) is 0 Å². The summed E-state index contributed by atoms with van der Waals surface area (Å²) in [6.07, 6.45) is 0. The Balaban J connectivity index is 2.19. The van der Waals surface area contributed by atoms with Gasteiger partial charge in [0.2, 0.25) is 0 Å². The van der Waals surface area contributed by atoms with Gasteiger partial charge < -0.3 is 0 Å². The summed E-state index contributed by atoms with van der Waals surface area (Å²) in [7, 11) is 0. The van der Waals surface area contributed by atoms with Gasteiger partial charge in [-0.05, 0) is 4.53 Å². The molecule has 0 aromatic heterocycles. The summed E-state index contributed by atoms with van der Waals surface area (Å²) in [5, 5.41) is 0. The lowest BCUT2D eigenvalue weighted by Crippen LogP contribution is -1.82. The second-order valence-corrected chi connectivity index (χ2v) is 0.502. The van der Waals surface area contributed by atoms with Crippen molar-refractivity contribution in [2.24, 2.45) is 0 Å². The molecule has 0 aliphatic heterocycles. The van der Waals surface area contributed by atoms with Crippen molar-refractivity contribution in [3.05, 3.63) is 0 Å². The highest BCUT2D eigenvalue weighted by molar-refractivity contribution is 4.11. The van der Waals surface area contributed by atoms with Crippen LogP contribution in [-0.4, -0.2) is 13.3 Å². The summed E-state index contributed by atoms with van der Waals surface area (Å²) in [6, 6.07) is 0. The van der Waals surface area contributed by atoms with E-state index in [0.29, 0.717) is 0 Å². The Morgan fingerprint density at radius 2 is 2.20 bits per heavy atom. The van der Waals surface area contributed by atoms with Crippen LogP contribution in [0.15, 0.2) is 0 Å². The zero-order valence-corrected chi connectivity index (χ0v) is 2.58. The lowest BCUT2D eigenvalue weighted by molar-refractivity contribution is -0.134. The van der Waals surface area contributed by atoms with Gasteiger partial charge in [0.05, 0.1) is 0 Å². The molecular weight excluding hydrogens is 78.0 g/mol. The molecule has 3 heteroatoms. The van der Waals surface area contributed by atoms with Crippen LogP contribution < -0.4 is 0 Å². The normalized spacial score (nSPS) is 8.40. The molecule has 32 valence electrons. The lowest BCUT2D eigenvalue weighted by Gasteiger charge is -1.75. The monoisotopic (exact) mass is 82.0 g/mol. The Morgan fingerprint density at radius 3 is 2.20 bits per heavy atom. The van der Waals surface area contributed by atoms with Crippen LogP contribution in [0.1, 0.15) is 0 Å². The molecule has 0 aromatic carbocycles. The topological polar surface area (TPSA) is 9.23 Å².